The maximum absolute atomic E-state index is 12.6. The van der Waals surface area contributed by atoms with Gasteiger partial charge in [-0.3, -0.25) is 9.69 Å². The van der Waals surface area contributed by atoms with E-state index in [1.54, 1.807) is 6.92 Å². The van der Waals surface area contributed by atoms with E-state index in [-0.39, 0.29) is 6.54 Å². The van der Waals surface area contributed by atoms with E-state index in [4.69, 9.17) is 4.42 Å². The van der Waals surface area contributed by atoms with E-state index in [1.807, 2.05) is 18.7 Å². The van der Waals surface area contributed by atoms with Crippen LogP contribution >= 0.6 is 0 Å². The van der Waals surface area contributed by atoms with Gasteiger partial charge in [-0.15, -0.1) is 0 Å². The summed E-state index contributed by atoms with van der Waals surface area (Å²) in [7, 11) is 0. The van der Waals surface area contributed by atoms with Crippen LogP contribution in [0.25, 0.3) is 0 Å². The van der Waals surface area contributed by atoms with Crippen molar-refractivity contribution in [2.75, 3.05) is 26.2 Å². The predicted molar refractivity (Wildman–Crippen MR) is 82.3 cm³/mol. The summed E-state index contributed by atoms with van der Waals surface area (Å²) in [4.78, 5) is 19.7. The summed E-state index contributed by atoms with van der Waals surface area (Å²) in [6.07, 6.45) is -2.97. The van der Waals surface area contributed by atoms with Gasteiger partial charge < -0.3 is 9.32 Å². The first-order valence-corrected chi connectivity index (χ1v) is 8.20. The highest BCUT2D eigenvalue weighted by Gasteiger charge is 2.36. The number of carbonyl (C=O) groups is 1. The molecule has 136 valence electrons. The van der Waals surface area contributed by atoms with Crippen molar-refractivity contribution in [1.29, 1.82) is 0 Å². The molecular formula is C16H24F3N3O2. The normalized spacial score (nSPS) is 19.5. The third kappa shape index (κ3) is 4.96. The molecule has 24 heavy (non-hydrogen) atoms. The number of hydrogen-bond acceptors (Lipinski definition) is 4. The summed E-state index contributed by atoms with van der Waals surface area (Å²) in [5.74, 6) is 0.523. The van der Waals surface area contributed by atoms with Crippen LogP contribution in [0.1, 0.15) is 37.1 Å². The maximum atomic E-state index is 12.6. The molecule has 1 aliphatic rings. The molecule has 0 N–H and O–H groups in total. The first-order valence-electron chi connectivity index (χ1n) is 8.20. The SMILES string of the molecule is CCN(CC(F)(F)F)C(=O)[C@@H]1CCCN(Cc2nc(C)c(C)o2)C1. The Bertz CT molecular complexity index is 552. The number of aromatic nitrogens is 1. The van der Waals surface area contributed by atoms with Gasteiger partial charge in [0.2, 0.25) is 11.8 Å². The van der Waals surface area contributed by atoms with Crippen molar-refractivity contribution in [1.82, 2.24) is 14.8 Å². The molecule has 1 atom stereocenters. The lowest BCUT2D eigenvalue weighted by Gasteiger charge is -2.34. The minimum atomic E-state index is -4.37. The van der Waals surface area contributed by atoms with Crippen molar-refractivity contribution >= 4 is 5.91 Å². The lowest BCUT2D eigenvalue weighted by atomic mass is 9.96. The van der Waals surface area contributed by atoms with Gasteiger partial charge in [0.1, 0.15) is 12.3 Å². The Morgan fingerprint density at radius 3 is 2.67 bits per heavy atom. The monoisotopic (exact) mass is 347 g/mol. The highest BCUT2D eigenvalue weighted by Crippen LogP contribution is 2.23. The van der Waals surface area contributed by atoms with Crippen molar-refractivity contribution in [3.8, 4) is 0 Å². The van der Waals surface area contributed by atoms with Crippen molar-refractivity contribution in [3.05, 3.63) is 17.3 Å². The Labute approximate surface area is 139 Å². The van der Waals surface area contributed by atoms with Crippen LogP contribution in [-0.4, -0.2) is 53.0 Å². The molecule has 0 aliphatic carbocycles. The third-order valence-corrected chi connectivity index (χ3v) is 4.35. The second-order valence-electron chi connectivity index (χ2n) is 6.29. The van der Waals surface area contributed by atoms with E-state index in [0.29, 0.717) is 25.4 Å². The van der Waals surface area contributed by atoms with Crippen molar-refractivity contribution < 1.29 is 22.4 Å². The molecule has 0 unspecified atom stereocenters. The van der Waals surface area contributed by atoms with Gasteiger partial charge in [0, 0.05) is 13.1 Å². The number of oxazole rings is 1. The zero-order valence-corrected chi connectivity index (χ0v) is 14.3. The van der Waals surface area contributed by atoms with Crippen LogP contribution in [0.3, 0.4) is 0 Å². The van der Waals surface area contributed by atoms with Crippen LogP contribution in [0, 0.1) is 19.8 Å². The highest BCUT2D eigenvalue weighted by molar-refractivity contribution is 5.79. The number of carbonyl (C=O) groups excluding carboxylic acids is 1. The van der Waals surface area contributed by atoms with Gasteiger partial charge in [-0.2, -0.15) is 13.2 Å². The first kappa shape index (κ1) is 18.8. The van der Waals surface area contributed by atoms with Gasteiger partial charge in [-0.1, -0.05) is 0 Å². The van der Waals surface area contributed by atoms with Gasteiger partial charge in [0.15, 0.2) is 0 Å². The summed E-state index contributed by atoms with van der Waals surface area (Å²) in [5, 5.41) is 0. The quantitative estimate of drug-likeness (QED) is 0.822. The molecule has 1 saturated heterocycles. The fourth-order valence-corrected chi connectivity index (χ4v) is 3.02. The molecule has 0 bridgehead atoms. The molecule has 5 nitrogen and oxygen atoms in total. The van der Waals surface area contributed by atoms with Crippen molar-refractivity contribution in [2.45, 2.75) is 46.3 Å². The molecule has 1 fully saturated rings. The number of alkyl halides is 3. The molecule has 8 heteroatoms. The van der Waals surface area contributed by atoms with Crippen LogP contribution in [0.5, 0.6) is 0 Å². The van der Waals surface area contributed by atoms with Crippen LogP contribution in [0.2, 0.25) is 0 Å². The van der Waals surface area contributed by atoms with E-state index in [0.717, 1.165) is 29.3 Å². The lowest BCUT2D eigenvalue weighted by Crippen LogP contribution is -2.47. The molecule has 0 spiro atoms. The highest BCUT2D eigenvalue weighted by atomic mass is 19.4. The molecule has 2 heterocycles. The van der Waals surface area contributed by atoms with E-state index in [2.05, 4.69) is 4.98 Å². The van der Waals surface area contributed by atoms with Gasteiger partial charge in [-0.25, -0.2) is 4.98 Å². The standard InChI is InChI=1S/C16H24F3N3O2/c1-4-22(10-16(17,18)19)15(23)13-6-5-7-21(8-13)9-14-20-11(2)12(3)24-14/h13H,4-10H2,1-3H3/t13-/m1/s1. The van der Waals surface area contributed by atoms with Crippen LogP contribution in [0.4, 0.5) is 13.2 Å². The van der Waals surface area contributed by atoms with Crippen LogP contribution in [-0.2, 0) is 11.3 Å². The zero-order chi connectivity index (χ0) is 17.9. The Morgan fingerprint density at radius 1 is 1.42 bits per heavy atom. The second kappa shape index (κ2) is 7.55. The minimum absolute atomic E-state index is 0.0625. The maximum Gasteiger partial charge on any atom is 0.406 e. The fourth-order valence-electron chi connectivity index (χ4n) is 3.02. The Balaban J connectivity index is 1.97. The molecule has 0 aromatic carbocycles. The number of nitrogens with zero attached hydrogens (tertiary/aromatic N) is 3. The van der Waals surface area contributed by atoms with E-state index < -0.39 is 24.5 Å². The molecular weight excluding hydrogens is 323 g/mol. The van der Waals surface area contributed by atoms with Crippen LogP contribution < -0.4 is 0 Å². The topological polar surface area (TPSA) is 49.6 Å². The zero-order valence-electron chi connectivity index (χ0n) is 14.3. The Kier molecular flexibility index (Phi) is 5.90. The number of hydrogen-bond donors (Lipinski definition) is 0. The lowest BCUT2D eigenvalue weighted by molar-refractivity contribution is -0.164. The van der Waals surface area contributed by atoms with E-state index in [9.17, 15) is 18.0 Å². The second-order valence-corrected chi connectivity index (χ2v) is 6.29. The smallest absolute Gasteiger partial charge is 0.406 e. The summed E-state index contributed by atoms with van der Waals surface area (Å²) < 4.78 is 43.3. The van der Waals surface area contributed by atoms with E-state index in [1.165, 1.54) is 0 Å². The molecule has 0 saturated carbocycles. The van der Waals surface area contributed by atoms with Crippen molar-refractivity contribution in [3.63, 3.8) is 0 Å². The summed E-state index contributed by atoms with van der Waals surface area (Å²) in [5.41, 5.74) is 0.831. The van der Waals surface area contributed by atoms with Gasteiger partial charge in [-0.05, 0) is 40.2 Å². The largest absolute Gasteiger partial charge is 0.444 e. The first-order chi connectivity index (χ1) is 11.2. The average Bonchev–Trinajstić information content (AvgIpc) is 2.81. The molecule has 1 aromatic heterocycles. The minimum Gasteiger partial charge on any atom is -0.444 e. The number of likely N-dealkylation sites (tertiary alicyclic amines) is 1. The van der Waals surface area contributed by atoms with Gasteiger partial charge >= 0.3 is 6.18 Å². The molecule has 1 aliphatic heterocycles. The summed E-state index contributed by atoms with van der Waals surface area (Å²) in [6.45, 7) is 5.85. The summed E-state index contributed by atoms with van der Waals surface area (Å²) >= 11 is 0. The number of rotatable bonds is 5. The number of aryl methyl sites for hydroxylation is 2. The van der Waals surface area contributed by atoms with Crippen molar-refractivity contribution in [2.24, 2.45) is 5.92 Å². The van der Waals surface area contributed by atoms with Gasteiger partial charge in [0.05, 0.1) is 18.2 Å². The molecule has 1 aromatic rings. The molecule has 0 radical (unpaired) electrons. The predicted octanol–water partition coefficient (Wildman–Crippen LogP) is 2.91. The average molecular weight is 347 g/mol. The number of halogens is 3. The Morgan fingerprint density at radius 2 is 2.12 bits per heavy atom. The number of piperidine rings is 1. The Hall–Kier alpha value is -1.57. The van der Waals surface area contributed by atoms with Crippen LogP contribution in [0.15, 0.2) is 4.42 Å². The summed E-state index contributed by atoms with van der Waals surface area (Å²) in [6, 6.07) is 0. The van der Waals surface area contributed by atoms with Gasteiger partial charge in [0.25, 0.3) is 0 Å². The van der Waals surface area contributed by atoms with E-state index >= 15 is 0 Å². The number of amides is 1. The molecule has 2 rings (SSSR count). The third-order valence-electron chi connectivity index (χ3n) is 4.35. The molecule has 1 amide bonds. The fraction of sp³-hybridized carbons (Fsp3) is 0.750.